The molecule has 0 unspecified atom stereocenters. The van der Waals surface area contributed by atoms with E-state index in [-0.39, 0.29) is 11.3 Å². The van der Waals surface area contributed by atoms with E-state index in [9.17, 15) is 4.79 Å². The molecule has 0 aliphatic heterocycles. The normalized spacial score (nSPS) is 45.1. The standard InChI is InChI=1S/C8H12O2/c1-8(5-2-3-5)4-6(8)7(9)10/h5-6H,2-4H2,1H3,(H,9,10)/t6-,8+/m1/s1. The Morgan fingerprint density at radius 2 is 2.20 bits per heavy atom. The molecule has 0 saturated heterocycles. The van der Waals surface area contributed by atoms with Gasteiger partial charge in [-0.2, -0.15) is 0 Å². The van der Waals surface area contributed by atoms with Crippen molar-refractivity contribution >= 4 is 5.97 Å². The molecule has 0 aromatic rings. The number of carboxylic acid groups (broad SMARTS) is 1. The Morgan fingerprint density at radius 3 is 2.50 bits per heavy atom. The van der Waals surface area contributed by atoms with Crippen LogP contribution in [-0.4, -0.2) is 11.1 Å². The van der Waals surface area contributed by atoms with Gasteiger partial charge in [-0.05, 0) is 30.6 Å². The summed E-state index contributed by atoms with van der Waals surface area (Å²) in [6, 6.07) is 0. The SMILES string of the molecule is C[C@@]1(C2CC2)C[C@@H]1C(=O)O. The van der Waals surface area contributed by atoms with Gasteiger partial charge in [-0.3, -0.25) is 4.79 Å². The number of carbonyl (C=O) groups is 1. The molecule has 2 rings (SSSR count). The molecule has 0 radical (unpaired) electrons. The number of carboxylic acids is 1. The molecule has 0 aromatic carbocycles. The summed E-state index contributed by atoms with van der Waals surface area (Å²) in [5.74, 6) is 0.142. The van der Waals surface area contributed by atoms with E-state index in [1.807, 2.05) is 0 Å². The van der Waals surface area contributed by atoms with Gasteiger partial charge in [0.15, 0.2) is 0 Å². The minimum absolute atomic E-state index is 0.0139. The van der Waals surface area contributed by atoms with Crippen LogP contribution in [0.25, 0.3) is 0 Å². The van der Waals surface area contributed by atoms with Crippen LogP contribution < -0.4 is 0 Å². The van der Waals surface area contributed by atoms with Crippen LogP contribution in [0.4, 0.5) is 0 Å². The first-order valence-electron chi connectivity index (χ1n) is 3.87. The van der Waals surface area contributed by atoms with Crippen LogP contribution in [0.3, 0.4) is 0 Å². The number of hydrogen-bond donors (Lipinski definition) is 1. The van der Waals surface area contributed by atoms with Crippen LogP contribution in [-0.2, 0) is 4.79 Å². The second kappa shape index (κ2) is 1.55. The monoisotopic (exact) mass is 140 g/mol. The lowest BCUT2D eigenvalue weighted by molar-refractivity contribution is -0.139. The molecule has 2 saturated carbocycles. The van der Waals surface area contributed by atoms with Crippen LogP contribution >= 0.6 is 0 Å². The van der Waals surface area contributed by atoms with Gasteiger partial charge in [0.2, 0.25) is 0 Å². The van der Waals surface area contributed by atoms with E-state index >= 15 is 0 Å². The molecular weight excluding hydrogens is 128 g/mol. The van der Waals surface area contributed by atoms with E-state index in [4.69, 9.17) is 5.11 Å². The van der Waals surface area contributed by atoms with Crippen molar-refractivity contribution in [3.63, 3.8) is 0 Å². The molecule has 2 aliphatic rings. The first-order chi connectivity index (χ1) is 4.64. The fourth-order valence-corrected chi connectivity index (χ4v) is 1.94. The van der Waals surface area contributed by atoms with Gasteiger partial charge in [0, 0.05) is 0 Å². The minimum Gasteiger partial charge on any atom is -0.481 e. The molecule has 2 nitrogen and oxygen atoms in total. The third kappa shape index (κ3) is 0.678. The Bertz CT molecular complexity index is 184. The first-order valence-corrected chi connectivity index (χ1v) is 3.87. The number of hydrogen-bond acceptors (Lipinski definition) is 1. The van der Waals surface area contributed by atoms with E-state index in [1.165, 1.54) is 12.8 Å². The highest BCUT2D eigenvalue weighted by molar-refractivity contribution is 5.74. The quantitative estimate of drug-likeness (QED) is 0.631. The number of aliphatic carboxylic acids is 1. The highest BCUT2D eigenvalue weighted by Crippen LogP contribution is 2.65. The Balaban J connectivity index is 2.02. The van der Waals surface area contributed by atoms with Crippen molar-refractivity contribution < 1.29 is 9.90 Å². The molecule has 2 aliphatic carbocycles. The van der Waals surface area contributed by atoms with Crippen molar-refractivity contribution in [2.45, 2.75) is 26.2 Å². The minimum atomic E-state index is -0.589. The predicted molar refractivity (Wildman–Crippen MR) is 36.6 cm³/mol. The van der Waals surface area contributed by atoms with Gasteiger partial charge in [-0.25, -0.2) is 0 Å². The molecule has 10 heavy (non-hydrogen) atoms. The highest BCUT2D eigenvalue weighted by Gasteiger charge is 2.61. The van der Waals surface area contributed by atoms with Crippen LogP contribution in [0.1, 0.15) is 26.2 Å². The molecule has 0 bridgehead atoms. The molecule has 2 fully saturated rings. The molecule has 2 heteroatoms. The highest BCUT2D eigenvalue weighted by atomic mass is 16.4. The van der Waals surface area contributed by atoms with Crippen LogP contribution in [0, 0.1) is 17.3 Å². The summed E-state index contributed by atoms with van der Waals surface area (Å²) in [6.45, 7) is 2.11. The molecular formula is C8H12O2. The third-order valence-electron chi connectivity index (χ3n) is 3.09. The maximum Gasteiger partial charge on any atom is 0.307 e. The lowest BCUT2D eigenvalue weighted by Gasteiger charge is -2.04. The maximum atomic E-state index is 10.5. The Kier molecular flexibility index (Phi) is 0.960. The lowest BCUT2D eigenvalue weighted by atomic mass is 10.0. The van der Waals surface area contributed by atoms with Crippen LogP contribution in [0.2, 0.25) is 0 Å². The lowest BCUT2D eigenvalue weighted by Crippen LogP contribution is -2.08. The summed E-state index contributed by atoms with van der Waals surface area (Å²) in [5.41, 5.74) is 0.200. The van der Waals surface area contributed by atoms with E-state index in [2.05, 4.69) is 6.92 Å². The predicted octanol–water partition coefficient (Wildman–Crippen LogP) is 1.51. The zero-order valence-electron chi connectivity index (χ0n) is 6.13. The van der Waals surface area contributed by atoms with E-state index < -0.39 is 5.97 Å². The molecule has 1 N–H and O–H groups in total. The van der Waals surface area contributed by atoms with Crippen molar-refractivity contribution in [3.8, 4) is 0 Å². The summed E-state index contributed by atoms with van der Waals surface area (Å²) < 4.78 is 0. The second-order valence-electron chi connectivity index (χ2n) is 3.88. The van der Waals surface area contributed by atoms with Gasteiger partial charge in [0.1, 0.15) is 0 Å². The largest absolute Gasteiger partial charge is 0.481 e. The average Bonchev–Trinajstić information content (AvgIpc) is 2.49. The topological polar surface area (TPSA) is 37.3 Å². The summed E-state index contributed by atoms with van der Waals surface area (Å²) in [4.78, 5) is 10.5. The van der Waals surface area contributed by atoms with E-state index in [0.29, 0.717) is 0 Å². The van der Waals surface area contributed by atoms with Gasteiger partial charge < -0.3 is 5.11 Å². The molecule has 56 valence electrons. The van der Waals surface area contributed by atoms with Gasteiger partial charge in [-0.15, -0.1) is 0 Å². The van der Waals surface area contributed by atoms with E-state index in [1.54, 1.807) is 0 Å². The van der Waals surface area contributed by atoms with Crippen molar-refractivity contribution in [3.05, 3.63) is 0 Å². The van der Waals surface area contributed by atoms with E-state index in [0.717, 1.165) is 12.3 Å². The van der Waals surface area contributed by atoms with Gasteiger partial charge >= 0.3 is 5.97 Å². The van der Waals surface area contributed by atoms with Crippen molar-refractivity contribution in [1.82, 2.24) is 0 Å². The Hall–Kier alpha value is -0.530. The smallest absolute Gasteiger partial charge is 0.307 e. The first kappa shape index (κ1) is 6.20. The summed E-state index contributed by atoms with van der Waals surface area (Å²) in [5, 5.41) is 8.67. The second-order valence-corrected chi connectivity index (χ2v) is 3.88. The van der Waals surface area contributed by atoms with Crippen LogP contribution in [0.15, 0.2) is 0 Å². The molecule has 0 heterocycles. The zero-order chi connectivity index (χ0) is 7.35. The van der Waals surface area contributed by atoms with Crippen molar-refractivity contribution in [1.29, 1.82) is 0 Å². The Morgan fingerprint density at radius 1 is 1.60 bits per heavy atom. The molecule has 2 atom stereocenters. The summed E-state index contributed by atoms with van der Waals surface area (Å²) in [6.07, 6.45) is 3.45. The van der Waals surface area contributed by atoms with Gasteiger partial charge in [0.25, 0.3) is 0 Å². The zero-order valence-corrected chi connectivity index (χ0v) is 6.13. The van der Waals surface area contributed by atoms with Crippen molar-refractivity contribution in [2.75, 3.05) is 0 Å². The maximum absolute atomic E-state index is 10.5. The molecule has 0 amide bonds. The average molecular weight is 140 g/mol. The van der Waals surface area contributed by atoms with Crippen molar-refractivity contribution in [2.24, 2.45) is 17.3 Å². The Labute approximate surface area is 60.2 Å². The van der Waals surface area contributed by atoms with Gasteiger partial charge in [0.05, 0.1) is 5.92 Å². The number of rotatable bonds is 2. The third-order valence-corrected chi connectivity index (χ3v) is 3.09. The van der Waals surface area contributed by atoms with Crippen LogP contribution in [0.5, 0.6) is 0 Å². The summed E-state index contributed by atoms with van der Waals surface area (Å²) in [7, 11) is 0. The fourth-order valence-electron chi connectivity index (χ4n) is 1.94. The fraction of sp³-hybridized carbons (Fsp3) is 0.875. The summed E-state index contributed by atoms with van der Waals surface area (Å²) >= 11 is 0. The molecule has 0 spiro atoms. The molecule has 0 aromatic heterocycles. The van der Waals surface area contributed by atoms with Gasteiger partial charge in [-0.1, -0.05) is 6.92 Å².